The van der Waals surface area contributed by atoms with E-state index < -0.39 is 5.79 Å². The first-order valence-electron chi connectivity index (χ1n) is 11.0. The molecule has 0 N–H and O–H groups in total. The van der Waals surface area contributed by atoms with Gasteiger partial charge in [-0.05, 0) is 47.3 Å². The van der Waals surface area contributed by atoms with Crippen LogP contribution in [0.25, 0.3) is 0 Å². The summed E-state index contributed by atoms with van der Waals surface area (Å²) in [6.45, 7) is 16.4. The van der Waals surface area contributed by atoms with E-state index in [0.717, 1.165) is 24.7 Å². The Morgan fingerprint density at radius 2 is 1.52 bits per heavy atom. The van der Waals surface area contributed by atoms with Gasteiger partial charge in [-0.25, -0.2) is 0 Å². The number of hydrogen-bond donors (Lipinski definition) is 0. The minimum atomic E-state index is -0.586. The fraction of sp³-hybridized carbons (Fsp3) is 0.760. The van der Waals surface area contributed by atoms with Crippen LogP contribution in [0.1, 0.15) is 98.5 Å². The molecular formula is C25H42O2. The molecule has 0 amide bonds. The van der Waals surface area contributed by atoms with Crippen molar-refractivity contribution in [1.29, 1.82) is 0 Å². The van der Waals surface area contributed by atoms with Gasteiger partial charge in [0.15, 0.2) is 0 Å². The minimum Gasteiger partial charge on any atom is -0.463 e. The lowest BCUT2D eigenvalue weighted by molar-refractivity contribution is -0.158. The van der Waals surface area contributed by atoms with E-state index in [1.54, 1.807) is 0 Å². The van der Waals surface area contributed by atoms with Crippen LogP contribution >= 0.6 is 0 Å². The van der Waals surface area contributed by atoms with Gasteiger partial charge < -0.3 is 9.47 Å². The third kappa shape index (κ3) is 7.14. The van der Waals surface area contributed by atoms with Crippen molar-refractivity contribution in [3.63, 3.8) is 0 Å². The van der Waals surface area contributed by atoms with Gasteiger partial charge in [-0.3, -0.25) is 0 Å². The molecule has 0 bridgehead atoms. The van der Waals surface area contributed by atoms with Gasteiger partial charge in [-0.2, -0.15) is 0 Å². The molecule has 2 nitrogen and oxygen atoms in total. The Labute approximate surface area is 168 Å². The second kappa shape index (κ2) is 9.45. The fourth-order valence-corrected chi connectivity index (χ4v) is 4.89. The molecule has 1 unspecified atom stereocenters. The maximum Gasteiger partial charge on any atom is 0.204 e. The van der Waals surface area contributed by atoms with Crippen LogP contribution < -0.4 is 4.74 Å². The van der Waals surface area contributed by atoms with E-state index in [4.69, 9.17) is 9.47 Å². The fourth-order valence-electron chi connectivity index (χ4n) is 4.89. The monoisotopic (exact) mass is 374 g/mol. The van der Waals surface area contributed by atoms with Gasteiger partial charge in [0.05, 0.1) is 6.61 Å². The summed E-state index contributed by atoms with van der Waals surface area (Å²) < 4.78 is 12.2. The van der Waals surface area contributed by atoms with Crippen LogP contribution in [0.15, 0.2) is 24.3 Å². The van der Waals surface area contributed by atoms with Crippen molar-refractivity contribution in [2.45, 2.75) is 98.7 Å². The first kappa shape index (κ1) is 22.3. The number of hydrogen-bond acceptors (Lipinski definition) is 2. The van der Waals surface area contributed by atoms with Crippen LogP contribution in [0.3, 0.4) is 0 Å². The molecule has 0 aromatic heterocycles. The molecule has 27 heavy (non-hydrogen) atoms. The third-order valence-corrected chi connectivity index (χ3v) is 5.90. The van der Waals surface area contributed by atoms with E-state index in [2.05, 4.69) is 58.9 Å². The number of rotatable bonds is 8. The molecule has 1 aliphatic carbocycles. The lowest BCUT2D eigenvalue weighted by Gasteiger charge is -2.35. The van der Waals surface area contributed by atoms with Crippen molar-refractivity contribution in [3.05, 3.63) is 29.8 Å². The van der Waals surface area contributed by atoms with E-state index in [1.165, 1.54) is 37.7 Å². The average Bonchev–Trinajstić information content (AvgIpc) is 2.55. The molecular weight excluding hydrogens is 332 g/mol. The van der Waals surface area contributed by atoms with Gasteiger partial charge in [0.1, 0.15) is 5.75 Å². The molecule has 2 rings (SSSR count). The molecule has 1 atom stereocenters. The van der Waals surface area contributed by atoms with Crippen LogP contribution in [0.4, 0.5) is 0 Å². The van der Waals surface area contributed by atoms with Crippen LogP contribution in [-0.2, 0) is 4.74 Å². The highest BCUT2D eigenvalue weighted by atomic mass is 16.7. The van der Waals surface area contributed by atoms with E-state index in [9.17, 15) is 0 Å². The summed E-state index contributed by atoms with van der Waals surface area (Å²) in [5, 5.41) is 0. The average molecular weight is 375 g/mol. The summed E-state index contributed by atoms with van der Waals surface area (Å²) in [6, 6.07) is 8.65. The van der Waals surface area contributed by atoms with E-state index in [1.807, 2.05) is 13.8 Å². The second-order valence-electron chi connectivity index (χ2n) is 10.3. The van der Waals surface area contributed by atoms with Crippen molar-refractivity contribution >= 4 is 0 Å². The lowest BCUT2D eigenvalue weighted by Crippen LogP contribution is -2.32. The summed E-state index contributed by atoms with van der Waals surface area (Å²) in [5.74, 6) is 2.29. The Balaban J connectivity index is 1.90. The molecule has 1 saturated carbocycles. The van der Waals surface area contributed by atoms with Crippen LogP contribution in [0.2, 0.25) is 0 Å². The number of ether oxygens (including phenoxy) is 2. The smallest absolute Gasteiger partial charge is 0.204 e. The predicted octanol–water partition coefficient (Wildman–Crippen LogP) is 7.57. The van der Waals surface area contributed by atoms with Gasteiger partial charge in [0.2, 0.25) is 5.79 Å². The Morgan fingerprint density at radius 1 is 0.926 bits per heavy atom. The minimum absolute atomic E-state index is 0.248. The summed E-state index contributed by atoms with van der Waals surface area (Å²) in [5.41, 5.74) is 1.64. The molecule has 0 spiro atoms. The molecule has 0 saturated heterocycles. The molecule has 1 aromatic rings. The molecule has 0 aliphatic heterocycles. The predicted molar refractivity (Wildman–Crippen MR) is 115 cm³/mol. The maximum atomic E-state index is 6.15. The largest absolute Gasteiger partial charge is 0.463 e. The highest BCUT2D eigenvalue weighted by Gasteiger charge is 2.29. The van der Waals surface area contributed by atoms with E-state index in [0.29, 0.717) is 11.8 Å². The Morgan fingerprint density at radius 3 is 2.04 bits per heavy atom. The van der Waals surface area contributed by atoms with Gasteiger partial charge >= 0.3 is 0 Å². The summed E-state index contributed by atoms with van der Waals surface area (Å²) in [6.07, 6.45) is 8.10. The third-order valence-electron chi connectivity index (χ3n) is 5.90. The summed E-state index contributed by atoms with van der Waals surface area (Å²) >= 11 is 0. The Hall–Kier alpha value is -1.02. The Kier molecular flexibility index (Phi) is 7.80. The summed E-state index contributed by atoms with van der Waals surface area (Å²) in [7, 11) is 0. The summed E-state index contributed by atoms with van der Waals surface area (Å²) in [4.78, 5) is 0. The van der Waals surface area contributed by atoms with Crippen LogP contribution in [0, 0.1) is 17.3 Å². The zero-order valence-electron chi connectivity index (χ0n) is 18.8. The van der Waals surface area contributed by atoms with Crippen molar-refractivity contribution in [2.75, 3.05) is 6.61 Å². The standard InChI is InChI=1S/C25H42O2/c1-19(2)23(24(3,4)5)21-13-15-22(16-14-21)27-25(6,7)26-18-17-20-11-9-8-10-12-20/h13-16,19-20,23H,8-12,17-18H2,1-7H3. The molecule has 0 radical (unpaired) electrons. The highest BCUT2D eigenvalue weighted by molar-refractivity contribution is 5.31. The first-order chi connectivity index (χ1) is 12.6. The molecule has 1 aliphatic rings. The molecule has 0 heterocycles. The van der Waals surface area contributed by atoms with Crippen LogP contribution in [0.5, 0.6) is 5.75 Å². The van der Waals surface area contributed by atoms with Gasteiger partial charge in [-0.1, -0.05) is 78.9 Å². The Bertz CT molecular complexity index is 545. The quantitative estimate of drug-likeness (QED) is 0.437. The maximum absolute atomic E-state index is 6.15. The van der Waals surface area contributed by atoms with Crippen molar-refractivity contribution in [2.24, 2.45) is 17.3 Å². The lowest BCUT2D eigenvalue weighted by atomic mass is 9.70. The molecule has 1 fully saturated rings. The molecule has 2 heteroatoms. The topological polar surface area (TPSA) is 18.5 Å². The zero-order valence-corrected chi connectivity index (χ0v) is 18.8. The molecule has 154 valence electrons. The van der Waals surface area contributed by atoms with E-state index in [-0.39, 0.29) is 5.41 Å². The zero-order chi connectivity index (χ0) is 20.1. The molecule has 1 aromatic carbocycles. The number of benzene rings is 1. The van der Waals surface area contributed by atoms with Gasteiger partial charge in [0.25, 0.3) is 0 Å². The van der Waals surface area contributed by atoms with Gasteiger partial charge in [-0.15, -0.1) is 0 Å². The van der Waals surface area contributed by atoms with Crippen LogP contribution in [-0.4, -0.2) is 12.4 Å². The van der Waals surface area contributed by atoms with Crippen molar-refractivity contribution in [1.82, 2.24) is 0 Å². The normalized spacial score (nSPS) is 17.9. The van der Waals surface area contributed by atoms with E-state index >= 15 is 0 Å². The SMILES string of the molecule is CC(C)C(c1ccc(OC(C)(C)OCCC2CCCCC2)cc1)C(C)(C)C. The highest BCUT2D eigenvalue weighted by Crippen LogP contribution is 2.41. The van der Waals surface area contributed by atoms with Crippen molar-refractivity contribution < 1.29 is 9.47 Å². The second-order valence-corrected chi connectivity index (χ2v) is 10.3. The van der Waals surface area contributed by atoms with Gasteiger partial charge in [0, 0.05) is 13.8 Å². The van der Waals surface area contributed by atoms with Crippen molar-refractivity contribution in [3.8, 4) is 5.75 Å². The first-order valence-corrected chi connectivity index (χ1v) is 11.0.